The number of carbonyl (C=O) groups is 1. The first-order chi connectivity index (χ1) is 12.7. The van der Waals surface area contributed by atoms with Gasteiger partial charge in [0.05, 0.1) is 19.8 Å². The van der Waals surface area contributed by atoms with Gasteiger partial charge in [-0.15, -0.1) is 0 Å². The zero-order chi connectivity index (χ0) is 18.4. The van der Waals surface area contributed by atoms with Crippen molar-refractivity contribution in [3.05, 3.63) is 53.6 Å². The Morgan fingerprint density at radius 1 is 1.23 bits per heavy atom. The second-order valence-electron chi connectivity index (χ2n) is 6.07. The predicted octanol–water partition coefficient (Wildman–Crippen LogP) is 2.90. The minimum Gasteiger partial charge on any atom is -0.493 e. The summed E-state index contributed by atoms with van der Waals surface area (Å²) in [6.07, 6.45) is 0.764. The summed E-state index contributed by atoms with van der Waals surface area (Å²) < 4.78 is 16.5. The molecule has 0 aromatic heterocycles. The second-order valence-corrected chi connectivity index (χ2v) is 6.07. The highest BCUT2D eigenvalue weighted by Gasteiger charge is 2.20. The molecule has 0 spiro atoms. The van der Waals surface area contributed by atoms with E-state index in [0.717, 1.165) is 23.3 Å². The minimum absolute atomic E-state index is 0.0419. The summed E-state index contributed by atoms with van der Waals surface area (Å²) in [5.74, 6) is 2.25. The summed E-state index contributed by atoms with van der Waals surface area (Å²) in [4.78, 5) is 12.2. The maximum Gasteiger partial charge on any atom is 0.315 e. The molecule has 6 heteroatoms. The number of nitrogens with one attached hydrogen (secondary N) is 2. The molecule has 0 fully saturated rings. The average Bonchev–Trinajstić information content (AvgIpc) is 2.67. The highest BCUT2D eigenvalue weighted by atomic mass is 16.5. The molecule has 0 saturated carbocycles. The van der Waals surface area contributed by atoms with Gasteiger partial charge >= 0.3 is 6.03 Å². The molecule has 2 amide bonds. The van der Waals surface area contributed by atoms with E-state index >= 15 is 0 Å². The first kappa shape index (κ1) is 17.9. The van der Waals surface area contributed by atoms with Crippen molar-refractivity contribution in [1.29, 1.82) is 0 Å². The molecule has 1 atom stereocenters. The van der Waals surface area contributed by atoms with Crippen LogP contribution in [-0.2, 0) is 13.0 Å². The highest BCUT2D eigenvalue weighted by Crippen LogP contribution is 2.28. The summed E-state index contributed by atoms with van der Waals surface area (Å²) in [7, 11) is 1.60. The van der Waals surface area contributed by atoms with Crippen LogP contribution >= 0.6 is 0 Å². The summed E-state index contributed by atoms with van der Waals surface area (Å²) >= 11 is 0. The molecule has 1 unspecified atom stereocenters. The molecule has 2 N–H and O–H groups in total. The van der Waals surface area contributed by atoms with Crippen LogP contribution in [0.2, 0.25) is 0 Å². The number of methoxy groups -OCH3 is 1. The maximum absolute atomic E-state index is 12.2. The lowest BCUT2D eigenvalue weighted by molar-refractivity contribution is 0.214. The van der Waals surface area contributed by atoms with Crippen molar-refractivity contribution < 1.29 is 19.0 Å². The lowest BCUT2D eigenvalue weighted by atomic mass is 10.0. The standard InChI is InChI=1S/C20H24N2O4/c1-3-25-18-9-8-14(10-19(18)24-2)12-21-20(23)22-16-11-15-6-4-5-7-17(15)26-13-16/h4-10,16H,3,11-13H2,1-2H3,(H2,21,22,23). The van der Waals surface area contributed by atoms with Crippen LogP contribution in [-0.4, -0.2) is 32.4 Å². The maximum atomic E-state index is 12.2. The first-order valence-corrected chi connectivity index (χ1v) is 8.74. The molecule has 0 saturated heterocycles. The molecule has 2 aromatic rings. The highest BCUT2D eigenvalue weighted by molar-refractivity contribution is 5.74. The van der Waals surface area contributed by atoms with Gasteiger partial charge in [0.2, 0.25) is 0 Å². The van der Waals surface area contributed by atoms with Crippen molar-refractivity contribution in [3.63, 3.8) is 0 Å². The van der Waals surface area contributed by atoms with Crippen LogP contribution in [0.5, 0.6) is 17.2 Å². The molecular formula is C20H24N2O4. The number of carbonyl (C=O) groups excluding carboxylic acids is 1. The monoisotopic (exact) mass is 356 g/mol. The van der Waals surface area contributed by atoms with E-state index in [1.807, 2.05) is 49.4 Å². The molecule has 138 valence electrons. The van der Waals surface area contributed by atoms with E-state index in [0.29, 0.717) is 31.3 Å². The van der Waals surface area contributed by atoms with Crippen LogP contribution < -0.4 is 24.8 Å². The number of amides is 2. The van der Waals surface area contributed by atoms with Gasteiger partial charge in [0.1, 0.15) is 12.4 Å². The molecule has 2 aromatic carbocycles. The summed E-state index contributed by atoms with van der Waals surface area (Å²) in [5, 5.41) is 5.83. The lowest BCUT2D eigenvalue weighted by Crippen LogP contribution is -2.47. The molecule has 1 aliphatic heterocycles. The number of fused-ring (bicyclic) bond motifs is 1. The number of urea groups is 1. The molecule has 6 nitrogen and oxygen atoms in total. The third kappa shape index (κ3) is 4.39. The van der Waals surface area contributed by atoms with E-state index in [1.165, 1.54) is 0 Å². The quantitative estimate of drug-likeness (QED) is 0.835. The van der Waals surface area contributed by atoms with E-state index in [-0.39, 0.29) is 12.1 Å². The number of benzene rings is 2. The molecule has 26 heavy (non-hydrogen) atoms. The van der Waals surface area contributed by atoms with Gasteiger partial charge < -0.3 is 24.8 Å². The average molecular weight is 356 g/mol. The lowest BCUT2D eigenvalue weighted by Gasteiger charge is -2.26. The van der Waals surface area contributed by atoms with E-state index in [9.17, 15) is 4.79 Å². The number of hydrogen-bond donors (Lipinski definition) is 2. The van der Waals surface area contributed by atoms with E-state index in [1.54, 1.807) is 7.11 Å². The Morgan fingerprint density at radius 2 is 2.08 bits per heavy atom. The largest absolute Gasteiger partial charge is 0.493 e. The van der Waals surface area contributed by atoms with Gasteiger partial charge in [0.25, 0.3) is 0 Å². The van der Waals surface area contributed by atoms with Crippen molar-refractivity contribution in [2.75, 3.05) is 20.3 Å². The third-order valence-electron chi connectivity index (χ3n) is 4.20. The van der Waals surface area contributed by atoms with Gasteiger partial charge in [-0.3, -0.25) is 0 Å². The Morgan fingerprint density at radius 3 is 2.88 bits per heavy atom. The number of hydrogen-bond acceptors (Lipinski definition) is 4. The Bertz CT molecular complexity index is 763. The molecule has 3 rings (SSSR count). The van der Waals surface area contributed by atoms with Crippen LogP contribution in [0, 0.1) is 0 Å². The Hall–Kier alpha value is -2.89. The van der Waals surface area contributed by atoms with E-state index < -0.39 is 0 Å². The van der Waals surface area contributed by atoms with Crippen molar-refractivity contribution in [2.24, 2.45) is 0 Å². The SMILES string of the molecule is CCOc1ccc(CNC(=O)NC2COc3ccccc3C2)cc1OC. The van der Waals surface area contributed by atoms with Gasteiger partial charge in [0, 0.05) is 6.54 Å². The van der Waals surface area contributed by atoms with Crippen molar-refractivity contribution >= 4 is 6.03 Å². The van der Waals surface area contributed by atoms with Gasteiger partial charge in [-0.25, -0.2) is 4.79 Å². The molecule has 0 bridgehead atoms. The molecule has 1 heterocycles. The predicted molar refractivity (Wildman–Crippen MR) is 99.0 cm³/mol. The van der Waals surface area contributed by atoms with Crippen LogP contribution in [0.1, 0.15) is 18.1 Å². The van der Waals surface area contributed by atoms with Gasteiger partial charge in [-0.2, -0.15) is 0 Å². The van der Waals surface area contributed by atoms with Crippen LogP contribution in [0.3, 0.4) is 0 Å². The minimum atomic E-state index is -0.217. The first-order valence-electron chi connectivity index (χ1n) is 8.74. The normalized spacial score (nSPS) is 15.4. The van der Waals surface area contributed by atoms with E-state index in [2.05, 4.69) is 10.6 Å². The van der Waals surface area contributed by atoms with Gasteiger partial charge in [-0.1, -0.05) is 24.3 Å². The molecule has 0 radical (unpaired) electrons. The van der Waals surface area contributed by atoms with Crippen molar-refractivity contribution in [2.45, 2.75) is 25.9 Å². The zero-order valence-electron chi connectivity index (χ0n) is 15.1. The zero-order valence-corrected chi connectivity index (χ0v) is 15.1. The number of rotatable bonds is 6. The smallest absolute Gasteiger partial charge is 0.315 e. The van der Waals surface area contributed by atoms with Gasteiger partial charge in [0.15, 0.2) is 11.5 Å². The Kier molecular flexibility index (Phi) is 5.84. The number of para-hydroxylation sites is 1. The van der Waals surface area contributed by atoms with E-state index in [4.69, 9.17) is 14.2 Å². The third-order valence-corrected chi connectivity index (χ3v) is 4.20. The fourth-order valence-corrected chi connectivity index (χ4v) is 2.94. The van der Waals surface area contributed by atoms with Gasteiger partial charge in [-0.05, 0) is 42.7 Å². The van der Waals surface area contributed by atoms with Crippen LogP contribution in [0.15, 0.2) is 42.5 Å². The topological polar surface area (TPSA) is 68.8 Å². The van der Waals surface area contributed by atoms with Crippen LogP contribution in [0.4, 0.5) is 4.79 Å². The van der Waals surface area contributed by atoms with Crippen molar-refractivity contribution in [3.8, 4) is 17.2 Å². The summed E-state index contributed by atoms with van der Waals surface area (Å²) in [5.41, 5.74) is 2.05. The fraction of sp³-hybridized carbons (Fsp3) is 0.350. The number of ether oxygens (including phenoxy) is 3. The molecular weight excluding hydrogens is 332 g/mol. The fourth-order valence-electron chi connectivity index (χ4n) is 2.94. The summed E-state index contributed by atoms with van der Waals surface area (Å²) in [6, 6.07) is 13.3. The van der Waals surface area contributed by atoms with Crippen LogP contribution in [0.25, 0.3) is 0 Å². The molecule has 1 aliphatic rings. The summed E-state index contributed by atoms with van der Waals surface area (Å²) in [6.45, 7) is 3.37. The second kappa shape index (κ2) is 8.47. The Labute approximate surface area is 153 Å². The van der Waals surface area contributed by atoms with Crippen molar-refractivity contribution in [1.82, 2.24) is 10.6 Å². The molecule has 0 aliphatic carbocycles. The Balaban J connectivity index is 1.52.